The molecular weight excluding hydrogens is 542 g/mol. The molecule has 0 aliphatic heterocycles. The second-order valence-electron chi connectivity index (χ2n) is 7.51. The highest BCUT2D eigenvalue weighted by Crippen LogP contribution is 2.38. The van der Waals surface area contributed by atoms with E-state index in [1.54, 1.807) is 30.3 Å². The van der Waals surface area contributed by atoms with Crippen LogP contribution in [0.4, 0.5) is 0 Å². The van der Waals surface area contributed by atoms with Gasteiger partial charge in [0.15, 0.2) is 5.75 Å². The monoisotopic (exact) mass is 561 g/mol. The van der Waals surface area contributed by atoms with Crippen molar-refractivity contribution in [3.8, 4) is 17.2 Å². The number of carboxylic acids is 1. The van der Waals surface area contributed by atoms with E-state index < -0.39 is 11.6 Å². The summed E-state index contributed by atoms with van der Waals surface area (Å²) < 4.78 is 7.37. The fourth-order valence-corrected chi connectivity index (χ4v) is 4.09. The summed E-state index contributed by atoms with van der Waals surface area (Å²) in [5, 5.41) is 23.1. The molecule has 0 unspecified atom stereocenters. The number of carbonyl (C=O) groups is 1. The maximum Gasteiger partial charge on any atom is 0.350 e. The molecule has 0 radical (unpaired) electrons. The molecule has 0 saturated heterocycles. The van der Waals surface area contributed by atoms with Crippen LogP contribution >= 0.6 is 31.9 Å². The second kappa shape index (κ2) is 10.2. The van der Waals surface area contributed by atoms with Gasteiger partial charge < -0.3 is 19.8 Å². The number of benzene rings is 3. The Bertz CT molecular complexity index is 1120. The number of carboxylic acid groups (broad SMARTS) is 1. The maximum absolute atomic E-state index is 11.1. The van der Waals surface area contributed by atoms with E-state index in [0.717, 1.165) is 11.1 Å². The number of hydrogen-bond donors (Lipinski definition) is 2. The molecule has 0 aromatic heterocycles. The van der Waals surface area contributed by atoms with Crippen LogP contribution in [0.2, 0.25) is 0 Å². The van der Waals surface area contributed by atoms with E-state index in [2.05, 4.69) is 37.0 Å². The molecule has 0 heterocycles. The van der Waals surface area contributed by atoms with Gasteiger partial charge in [0.2, 0.25) is 5.60 Å². The Balaban J connectivity index is 1.78. The Morgan fingerprint density at radius 3 is 2.34 bits per heavy atom. The number of phenolic OH excluding ortho intramolecular Hbond substituents is 1. The van der Waals surface area contributed by atoms with Crippen LogP contribution < -0.4 is 4.74 Å². The van der Waals surface area contributed by atoms with Crippen LogP contribution in [-0.4, -0.2) is 28.0 Å². The quantitative estimate of drug-likeness (QED) is 0.241. The number of ether oxygens (including phenoxy) is 1. The smallest absolute Gasteiger partial charge is 0.350 e. The molecule has 0 bridgehead atoms. The molecule has 0 fully saturated rings. The van der Waals surface area contributed by atoms with Crippen LogP contribution in [0.3, 0.4) is 0 Å². The maximum atomic E-state index is 11.1. The molecule has 0 spiro atoms. The van der Waals surface area contributed by atoms with Crippen molar-refractivity contribution < 1.29 is 24.6 Å². The lowest BCUT2D eigenvalue weighted by Gasteiger charge is -2.16. The van der Waals surface area contributed by atoms with Gasteiger partial charge in [0.25, 0.3) is 0 Å². The van der Waals surface area contributed by atoms with E-state index in [-0.39, 0.29) is 5.75 Å². The van der Waals surface area contributed by atoms with Crippen molar-refractivity contribution in [2.45, 2.75) is 25.9 Å². The highest BCUT2D eigenvalue weighted by molar-refractivity contribution is 9.11. The number of nitrogens with zero attached hydrogens (tertiary/aromatic N) is 1. The first-order chi connectivity index (χ1) is 15.2. The third kappa shape index (κ3) is 6.11. The van der Waals surface area contributed by atoms with Gasteiger partial charge >= 0.3 is 5.97 Å². The van der Waals surface area contributed by atoms with Crippen molar-refractivity contribution >= 4 is 44.0 Å². The summed E-state index contributed by atoms with van der Waals surface area (Å²) in [6.45, 7) is 2.83. The molecule has 0 saturated carbocycles. The fourth-order valence-electron chi connectivity index (χ4n) is 2.71. The molecule has 3 rings (SSSR count). The zero-order chi connectivity index (χ0) is 23.3. The first kappa shape index (κ1) is 23.8. The van der Waals surface area contributed by atoms with Gasteiger partial charge in [-0.3, -0.25) is 0 Å². The normalized spacial score (nSPS) is 11.5. The number of rotatable bonds is 8. The number of phenols is 1. The van der Waals surface area contributed by atoms with Crippen molar-refractivity contribution in [1.82, 2.24) is 0 Å². The number of aliphatic carboxylic acids is 1. The number of aromatic hydroxyl groups is 1. The first-order valence-electron chi connectivity index (χ1n) is 9.63. The van der Waals surface area contributed by atoms with E-state index in [1.165, 1.54) is 20.1 Å². The van der Waals surface area contributed by atoms with Gasteiger partial charge in [-0.1, -0.05) is 35.5 Å². The Hall–Kier alpha value is -2.84. The number of hydrogen-bond acceptors (Lipinski definition) is 5. The van der Waals surface area contributed by atoms with Gasteiger partial charge in [-0.25, -0.2) is 4.79 Å². The summed E-state index contributed by atoms with van der Waals surface area (Å²) >= 11 is 6.99. The van der Waals surface area contributed by atoms with E-state index >= 15 is 0 Å². The van der Waals surface area contributed by atoms with Crippen LogP contribution in [0.5, 0.6) is 17.2 Å². The van der Waals surface area contributed by atoms with E-state index in [9.17, 15) is 9.90 Å². The van der Waals surface area contributed by atoms with Crippen molar-refractivity contribution in [1.29, 1.82) is 0 Å². The molecule has 0 aliphatic carbocycles. The highest BCUT2D eigenvalue weighted by Gasteiger charge is 2.29. The summed E-state index contributed by atoms with van der Waals surface area (Å²) in [4.78, 5) is 16.1. The average Bonchev–Trinajstić information content (AvgIpc) is 2.73. The Kier molecular flexibility index (Phi) is 7.58. The minimum Gasteiger partial charge on any atom is -0.508 e. The SMILES string of the molecule is CC(C)(O/N=C\c1cc(Br)c(Oc2ccc(O)c(Cc3ccccc3)c2)c(Br)c1)C(=O)O. The van der Waals surface area contributed by atoms with E-state index in [4.69, 9.17) is 14.7 Å². The van der Waals surface area contributed by atoms with E-state index in [0.29, 0.717) is 32.4 Å². The predicted octanol–water partition coefficient (Wildman–Crippen LogP) is 6.51. The van der Waals surface area contributed by atoms with Gasteiger partial charge in [-0.15, -0.1) is 0 Å². The minimum atomic E-state index is -1.43. The molecule has 0 amide bonds. The lowest BCUT2D eigenvalue weighted by molar-refractivity contribution is -0.161. The van der Waals surface area contributed by atoms with E-state index in [1.807, 2.05) is 30.3 Å². The zero-order valence-corrected chi connectivity index (χ0v) is 20.6. The highest BCUT2D eigenvalue weighted by atomic mass is 79.9. The topological polar surface area (TPSA) is 88.4 Å². The third-order valence-electron chi connectivity index (χ3n) is 4.53. The second-order valence-corrected chi connectivity index (χ2v) is 9.22. The predicted molar refractivity (Wildman–Crippen MR) is 130 cm³/mol. The first-order valence-corrected chi connectivity index (χ1v) is 11.2. The Morgan fingerprint density at radius 2 is 1.72 bits per heavy atom. The molecule has 0 atom stereocenters. The lowest BCUT2D eigenvalue weighted by Crippen LogP contribution is -2.32. The Morgan fingerprint density at radius 1 is 1.06 bits per heavy atom. The molecule has 3 aromatic rings. The van der Waals surface area contributed by atoms with Crippen molar-refractivity contribution in [2.24, 2.45) is 5.16 Å². The molecule has 2 N–H and O–H groups in total. The molecule has 0 aliphatic rings. The van der Waals surface area contributed by atoms with Crippen LogP contribution in [0.25, 0.3) is 0 Å². The lowest BCUT2D eigenvalue weighted by atomic mass is 10.0. The van der Waals surface area contributed by atoms with Gasteiger partial charge in [-0.2, -0.15) is 0 Å². The summed E-state index contributed by atoms with van der Waals surface area (Å²) in [5.41, 5.74) is 1.08. The molecular formula is C24H21Br2NO5. The van der Waals surface area contributed by atoms with Gasteiger partial charge in [-0.05, 0) is 87.2 Å². The van der Waals surface area contributed by atoms with Crippen LogP contribution in [-0.2, 0) is 16.1 Å². The number of halogens is 2. The van der Waals surface area contributed by atoms with Crippen LogP contribution in [0.15, 0.2) is 74.8 Å². The van der Waals surface area contributed by atoms with Gasteiger partial charge in [0.1, 0.15) is 11.5 Å². The minimum absolute atomic E-state index is 0.204. The fraction of sp³-hybridized carbons (Fsp3) is 0.167. The summed E-state index contributed by atoms with van der Waals surface area (Å²) in [5.74, 6) is 0.213. The van der Waals surface area contributed by atoms with Crippen molar-refractivity contribution in [3.05, 3.63) is 86.3 Å². The number of oxime groups is 1. The third-order valence-corrected chi connectivity index (χ3v) is 5.70. The van der Waals surface area contributed by atoms with Crippen molar-refractivity contribution in [3.63, 3.8) is 0 Å². The van der Waals surface area contributed by atoms with Crippen molar-refractivity contribution in [2.75, 3.05) is 0 Å². The van der Waals surface area contributed by atoms with Gasteiger partial charge in [0, 0.05) is 12.0 Å². The average molecular weight is 563 g/mol. The van der Waals surface area contributed by atoms with Gasteiger partial charge in [0.05, 0.1) is 15.2 Å². The summed E-state index contributed by atoms with van der Waals surface area (Å²) in [6, 6.07) is 18.5. The standard InChI is InChI=1S/C24H21Br2NO5/c1-24(2,23(29)30)32-27-14-16-11-19(25)22(20(26)12-16)31-18-8-9-21(28)17(13-18)10-15-6-4-3-5-7-15/h3-9,11-14,28H,10H2,1-2H3,(H,29,30)/b27-14-. The Labute approximate surface area is 202 Å². The zero-order valence-electron chi connectivity index (χ0n) is 17.4. The molecule has 166 valence electrons. The van der Waals surface area contributed by atoms with Crippen LogP contribution in [0.1, 0.15) is 30.5 Å². The molecule has 32 heavy (non-hydrogen) atoms. The summed E-state index contributed by atoms with van der Waals surface area (Å²) in [6.07, 6.45) is 2.00. The molecule has 3 aromatic carbocycles. The summed E-state index contributed by atoms with van der Waals surface area (Å²) in [7, 11) is 0. The van der Waals surface area contributed by atoms with Crippen LogP contribution in [0, 0.1) is 0 Å². The molecule has 6 nitrogen and oxygen atoms in total. The molecule has 8 heteroatoms. The largest absolute Gasteiger partial charge is 0.508 e.